The molecule has 0 atom stereocenters. The molecule has 1 saturated carbocycles. The van der Waals surface area contributed by atoms with Gasteiger partial charge in [-0.2, -0.15) is 0 Å². The number of esters is 4. The van der Waals surface area contributed by atoms with Crippen LogP contribution in [0.1, 0.15) is 44.1 Å². The Morgan fingerprint density at radius 2 is 1.43 bits per heavy atom. The molecule has 1 aliphatic rings. The summed E-state index contributed by atoms with van der Waals surface area (Å²) in [4.78, 5) is 47.6. The SMILES string of the molecule is C=CC(=O)OCCOc1ccc(/C=C/C(=O)Oc2ccc(OC(=O)C(=C)CC(=O)OC3CCCCC3)cc2)cc1. The highest BCUT2D eigenvalue weighted by Gasteiger charge is 2.20. The Hall–Kier alpha value is -4.66. The minimum absolute atomic E-state index is 0.00457. The second-order valence-electron chi connectivity index (χ2n) is 8.93. The number of carbonyl (C=O) groups is 4. The summed E-state index contributed by atoms with van der Waals surface area (Å²) in [5.41, 5.74) is 0.738. The molecule has 9 heteroatoms. The quantitative estimate of drug-likeness (QED) is 0.145. The van der Waals surface area contributed by atoms with E-state index in [1.54, 1.807) is 30.3 Å². The van der Waals surface area contributed by atoms with Crippen LogP contribution in [0.15, 0.2) is 79.4 Å². The van der Waals surface area contributed by atoms with E-state index in [9.17, 15) is 19.2 Å². The molecule has 1 fully saturated rings. The van der Waals surface area contributed by atoms with Crippen LogP contribution in [0.25, 0.3) is 6.08 Å². The zero-order valence-corrected chi connectivity index (χ0v) is 22.2. The van der Waals surface area contributed by atoms with Gasteiger partial charge >= 0.3 is 23.9 Å². The van der Waals surface area contributed by atoms with Gasteiger partial charge in [0.05, 0.1) is 6.42 Å². The van der Waals surface area contributed by atoms with E-state index in [4.69, 9.17) is 23.7 Å². The molecule has 3 rings (SSSR count). The molecule has 0 heterocycles. The topological polar surface area (TPSA) is 114 Å². The summed E-state index contributed by atoms with van der Waals surface area (Å²) in [6, 6.07) is 12.8. The second-order valence-corrected chi connectivity index (χ2v) is 8.93. The van der Waals surface area contributed by atoms with Crippen LogP contribution in [0.2, 0.25) is 0 Å². The summed E-state index contributed by atoms with van der Waals surface area (Å²) in [7, 11) is 0. The Balaban J connectivity index is 1.39. The van der Waals surface area contributed by atoms with Crippen molar-refractivity contribution in [3.05, 3.63) is 85.0 Å². The lowest BCUT2D eigenvalue weighted by molar-refractivity contribution is -0.150. The van der Waals surface area contributed by atoms with Crippen LogP contribution in [0.3, 0.4) is 0 Å². The zero-order valence-electron chi connectivity index (χ0n) is 22.2. The smallest absolute Gasteiger partial charge is 0.339 e. The maximum atomic E-state index is 12.3. The molecule has 2 aromatic carbocycles. The van der Waals surface area contributed by atoms with E-state index in [0.29, 0.717) is 5.75 Å². The van der Waals surface area contributed by atoms with Gasteiger partial charge in [-0.3, -0.25) is 4.79 Å². The van der Waals surface area contributed by atoms with E-state index in [-0.39, 0.29) is 42.8 Å². The molecule has 0 spiro atoms. The zero-order chi connectivity index (χ0) is 28.7. The largest absolute Gasteiger partial charge is 0.490 e. The number of rotatable bonds is 13. The van der Waals surface area contributed by atoms with Gasteiger partial charge in [0.1, 0.15) is 36.6 Å². The van der Waals surface area contributed by atoms with Crippen molar-refractivity contribution in [3.8, 4) is 17.2 Å². The number of hydrogen-bond donors (Lipinski definition) is 0. The molecular formula is C31H32O9. The monoisotopic (exact) mass is 548 g/mol. The van der Waals surface area contributed by atoms with Crippen molar-refractivity contribution >= 4 is 30.0 Å². The lowest BCUT2D eigenvalue weighted by Gasteiger charge is -2.21. The number of carbonyl (C=O) groups excluding carboxylic acids is 4. The molecule has 0 saturated heterocycles. The van der Waals surface area contributed by atoms with Gasteiger partial charge in [-0.25, -0.2) is 14.4 Å². The predicted octanol–water partition coefficient (Wildman–Crippen LogP) is 5.14. The molecule has 2 aromatic rings. The normalized spacial score (nSPS) is 13.2. The fraction of sp³-hybridized carbons (Fsp3) is 0.290. The molecule has 0 aromatic heterocycles. The Labute approximate surface area is 233 Å². The molecule has 210 valence electrons. The minimum atomic E-state index is -0.735. The molecule has 0 bridgehead atoms. The summed E-state index contributed by atoms with van der Waals surface area (Å²) in [5.74, 6) is -1.29. The van der Waals surface area contributed by atoms with Gasteiger partial charge < -0.3 is 23.7 Å². The summed E-state index contributed by atoms with van der Waals surface area (Å²) in [5, 5.41) is 0. The van der Waals surface area contributed by atoms with E-state index in [0.717, 1.165) is 43.7 Å². The summed E-state index contributed by atoms with van der Waals surface area (Å²) in [6.45, 7) is 7.25. The van der Waals surface area contributed by atoms with Gasteiger partial charge in [0.2, 0.25) is 0 Å². The van der Waals surface area contributed by atoms with Gasteiger partial charge in [-0.05, 0) is 73.7 Å². The van der Waals surface area contributed by atoms with Gasteiger partial charge in [0, 0.05) is 17.7 Å². The summed E-state index contributed by atoms with van der Waals surface area (Å²) >= 11 is 0. The minimum Gasteiger partial charge on any atom is -0.490 e. The maximum absolute atomic E-state index is 12.3. The van der Waals surface area contributed by atoms with Crippen LogP contribution in [-0.2, 0) is 28.7 Å². The molecule has 0 N–H and O–H groups in total. The Kier molecular flexibility index (Phi) is 11.7. The van der Waals surface area contributed by atoms with Crippen molar-refractivity contribution < 1.29 is 42.9 Å². The molecule has 1 aliphatic carbocycles. The third-order valence-corrected chi connectivity index (χ3v) is 5.80. The summed E-state index contributed by atoms with van der Waals surface area (Å²) < 4.78 is 26.2. The first-order valence-corrected chi connectivity index (χ1v) is 12.9. The van der Waals surface area contributed by atoms with Crippen LogP contribution < -0.4 is 14.2 Å². The van der Waals surface area contributed by atoms with Crippen molar-refractivity contribution in [3.63, 3.8) is 0 Å². The molecule has 0 radical (unpaired) electrons. The Morgan fingerprint density at radius 1 is 0.800 bits per heavy atom. The van der Waals surface area contributed by atoms with E-state index in [2.05, 4.69) is 13.2 Å². The van der Waals surface area contributed by atoms with Crippen LogP contribution >= 0.6 is 0 Å². The number of benzene rings is 2. The van der Waals surface area contributed by atoms with Crippen LogP contribution in [0.4, 0.5) is 0 Å². The van der Waals surface area contributed by atoms with Crippen molar-refractivity contribution in [1.82, 2.24) is 0 Å². The van der Waals surface area contributed by atoms with E-state index >= 15 is 0 Å². The van der Waals surface area contributed by atoms with E-state index in [1.165, 1.54) is 30.3 Å². The molecular weight excluding hydrogens is 516 g/mol. The lowest BCUT2D eigenvalue weighted by atomic mass is 9.98. The van der Waals surface area contributed by atoms with Gasteiger partial charge in [-0.15, -0.1) is 0 Å². The second kappa shape index (κ2) is 15.7. The third kappa shape index (κ3) is 10.6. The third-order valence-electron chi connectivity index (χ3n) is 5.80. The highest BCUT2D eigenvalue weighted by Crippen LogP contribution is 2.22. The first kappa shape index (κ1) is 29.9. The number of hydrogen-bond acceptors (Lipinski definition) is 9. The molecule has 0 aliphatic heterocycles. The molecule has 0 amide bonds. The van der Waals surface area contributed by atoms with Crippen LogP contribution in [-0.4, -0.2) is 43.2 Å². The predicted molar refractivity (Wildman–Crippen MR) is 147 cm³/mol. The fourth-order valence-electron chi connectivity index (χ4n) is 3.76. The van der Waals surface area contributed by atoms with E-state index in [1.807, 2.05) is 0 Å². The lowest BCUT2D eigenvalue weighted by Crippen LogP contribution is -2.22. The van der Waals surface area contributed by atoms with Crippen LogP contribution in [0, 0.1) is 0 Å². The highest BCUT2D eigenvalue weighted by molar-refractivity contribution is 5.94. The van der Waals surface area contributed by atoms with E-state index < -0.39 is 23.9 Å². The molecule has 9 nitrogen and oxygen atoms in total. The molecule has 40 heavy (non-hydrogen) atoms. The summed E-state index contributed by atoms with van der Waals surface area (Å²) in [6.07, 6.45) is 8.51. The van der Waals surface area contributed by atoms with Crippen molar-refractivity contribution in [2.45, 2.75) is 44.6 Å². The van der Waals surface area contributed by atoms with Gasteiger partial charge in [-0.1, -0.05) is 31.7 Å². The van der Waals surface area contributed by atoms with Crippen LogP contribution in [0.5, 0.6) is 17.2 Å². The van der Waals surface area contributed by atoms with Gasteiger partial charge in [0.15, 0.2) is 0 Å². The van der Waals surface area contributed by atoms with Gasteiger partial charge in [0.25, 0.3) is 0 Å². The van der Waals surface area contributed by atoms with Crippen molar-refractivity contribution in [1.29, 1.82) is 0 Å². The highest BCUT2D eigenvalue weighted by atomic mass is 16.6. The average molecular weight is 549 g/mol. The van der Waals surface area contributed by atoms with Crippen molar-refractivity contribution in [2.24, 2.45) is 0 Å². The fourth-order valence-corrected chi connectivity index (χ4v) is 3.76. The Morgan fingerprint density at radius 3 is 2.08 bits per heavy atom. The molecule has 0 unspecified atom stereocenters. The average Bonchev–Trinajstić information content (AvgIpc) is 2.96. The Bertz CT molecular complexity index is 1220. The standard InChI is InChI=1S/C31H32O9/c1-3-28(32)37-20-19-36-24-12-9-23(10-13-24)11-18-29(33)38-26-14-16-27(17-15-26)40-31(35)22(2)21-30(34)39-25-7-5-4-6-8-25/h3,9-18,25H,1-2,4-8,19-21H2/b18-11+. The first-order valence-electron chi connectivity index (χ1n) is 12.9. The first-order chi connectivity index (χ1) is 19.3. The van der Waals surface area contributed by atoms with Crippen molar-refractivity contribution in [2.75, 3.05) is 13.2 Å². The maximum Gasteiger partial charge on any atom is 0.339 e. The number of ether oxygens (including phenoxy) is 5.